The lowest BCUT2D eigenvalue weighted by Gasteiger charge is -2.49. The molecule has 7 atom stereocenters. The van der Waals surface area contributed by atoms with E-state index >= 15 is 0 Å². The molecule has 4 aliphatic heterocycles. The Labute approximate surface area is 373 Å². The summed E-state index contributed by atoms with van der Waals surface area (Å²) in [5.74, 6) is -36.5. The van der Waals surface area contributed by atoms with Gasteiger partial charge in [0.05, 0.1) is 33.7 Å². The highest BCUT2D eigenvalue weighted by Crippen LogP contribution is 2.59. The lowest BCUT2D eigenvalue weighted by molar-refractivity contribution is -0.339. The maximum atomic E-state index is 14.6. The zero-order chi connectivity index (χ0) is 49.4. The number of aromatic hydroxyl groups is 11. The third-order valence-electron chi connectivity index (χ3n) is 11.5. The Morgan fingerprint density at radius 2 is 1.07 bits per heavy atom. The van der Waals surface area contributed by atoms with E-state index in [-0.39, 0.29) is 6.08 Å². The first kappa shape index (κ1) is 44.3. The van der Waals surface area contributed by atoms with Crippen LogP contribution in [0.15, 0.2) is 42.0 Å². The molecule has 4 heterocycles. The Hall–Kier alpha value is -8.92. The summed E-state index contributed by atoms with van der Waals surface area (Å²) < 4.78 is 38.9. The Balaban J connectivity index is 1.29. The molecule has 14 N–H and O–H groups in total. The lowest BCUT2D eigenvalue weighted by Crippen LogP contribution is -2.70. The molecular formula is C41H28O27. The fourth-order valence-corrected chi connectivity index (χ4v) is 8.25. The summed E-state index contributed by atoms with van der Waals surface area (Å²) >= 11 is 0. The van der Waals surface area contributed by atoms with E-state index in [1.54, 1.807) is 0 Å². The molecule has 0 spiro atoms. The first-order valence-corrected chi connectivity index (χ1v) is 19.1. The van der Waals surface area contributed by atoms with Crippen LogP contribution in [0, 0.1) is 0 Å². The number of hydrogen-bond donors (Lipinski definition) is 14. The number of rotatable bonds is 2. The van der Waals surface area contributed by atoms with Gasteiger partial charge in [0.1, 0.15) is 12.7 Å². The van der Waals surface area contributed by atoms with E-state index in [0.717, 1.165) is 0 Å². The van der Waals surface area contributed by atoms with Crippen molar-refractivity contribution < 1.29 is 133 Å². The number of ether oxygens (including phenoxy) is 7. The molecule has 0 radical (unpaired) electrons. The van der Waals surface area contributed by atoms with Crippen LogP contribution in [0.3, 0.4) is 0 Å². The maximum Gasteiger partial charge on any atom is 0.340 e. The molecule has 68 heavy (non-hydrogen) atoms. The van der Waals surface area contributed by atoms with Gasteiger partial charge < -0.3 is 105 Å². The van der Waals surface area contributed by atoms with Crippen molar-refractivity contribution in [3.8, 4) is 80.1 Å². The molecule has 4 aromatic rings. The van der Waals surface area contributed by atoms with Crippen LogP contribution in [0.4, 0.5) is 0 Å². The fraction of sp³-hybridized carbons (Fsp3) is 0.220. The second kappa shape index (κ2) is 14.8. The second-order valence-electron chi connectivity index (χ2n) is 15.5. The van der Waals surface area contributed by atoms with Crippen LogP contribution < -0.4 is 4.74 Å². The second-order valence-corrected chi connectivity index (χ2v) is 15.5. The van der Waals surface area contributed by atoms with Gasteiger partial charge in [0.25, 0.3) is 5.79 Å². The highest BCUT2D eigenvalue weighted by molar-refractivity contribution is 6.10. The normalized spacial score (nSPS) is 25.7. The quantitative estimate of drug-likeness (QED) is 0.0491. The zero-order valence-corrected chi connectivity index (χ0v) is 33.2. The van der Waals surface area contributed by atoms with Gasteiger partial charge in [0.15, 0.2) is 64.0 Å². The van der Waals surface area contributed by atoms with Crippen LogP contribution >= 0.6 is 0 Å². The maximum absolute atomic E-state index is 14.6. The molecule has 9 rings (SSSR count). The van der Waals surface area contributed by atoms with Gasteiger partial charge in [-0.25, -0.2) is 24.0 Å². The van der Waals surface area contributed by atoms with Crippen molar-refractivity contribution in [2.75, 3.05) is 6.61 Å². The average Bonchev–Trinajstić information content (AvgIpc) is 3.28. The van der Waals surface area contributed by atoms with Crippen LogP contribution in [0.1, 0.15) is 52.9 Å². The van der Waals surface area contributed by atoms with Crippen LogP contribution in [0.2, 0.25) is 0 Å². The van der Waals surface area contributed by atoms with Gasteiger partial charge in [0, 0.05) is 16.7 Å². The molecule has 1 saturated heterocycles. The summed E-state index contributed by atoms with van der Waals surface area (Å²) in [6.07, 6.45) is -12.2. The number of carbonyl (C=O) groups excluding carboxylic acids is 6. The molecule has 4 aromatic carbocycles. The number of ketones is 1. The smallest absolute Gasteiger partial charge is 0.340 e. The summed E-state index contributed by atoms with van der Waals surface area (Å²) in [5, 5.41) is 150. The molecule has 7 unspecified atom stereocenters. The SMILES string of the molecule is O=C1OC2C(OC(=O)c3cc(O)c(O)c(O)c3)OC3COC(=O)c4cc(O)c(O)c(O)c4-c4c(cc(O)c(O)c4O)C(=O)OC2C3OC(=O)c2cc(O)c(O)c3c2C2C1=CC(=O)C(O)(O3)C2(O)O. The van der Waals surface area contributed by atoms with E-state index in [2.05, 4.69) is 0 Å². The molecule has 27 heteroatoms. The molecule has 27 nitrogen and oxygen atoms in total. The number of hydrogen-bond acceptors (Lipinski definition) is 27. The van der Waals surface area contributed by atoms with Crippen LogP contribution in [-0.4, -0.2) is 156 Å². The predicted molar refractivity (Wildman–Crippen MR) is 204 cm³/mol. The Kier molecular flexibility index (Phi) is 9.64. The largest absolute Gasteiger partial charge is 0.504 e. The van der Waals surface area contributed by atoms with Crippen LogP contribution in [-0.2, 0) is 38.0 Å². The van der Waals surface area contributed by atoms with Crippen molar-refractivity contribution in [3.63, 3.8) is 0 Å². The van der Waals surface area contributed by atoms with Gasteiger partial charge in [-0.2, -0.15) is 0 Å². The Morgan fingerprint density at radius 1 is 0.574 bits per heavy atom. The molecule has 0 amide bonds. The molecule has 0 saturated carbocycles. The first-order chi connectivity index (χ1) is 31.9. The topological polar surface area (TPSA) is 450 Å². The fourth-order valence-electron chi connectivity index (χ4n) is 8.25. The van der Waals surface area contributed by atoms with Crippen molar-refractivity contribution in [1.82, 2.24) is 0 Å². The van der Waals surface area contributed by atoms with Crippen LogP contribution in [0.5, 0.6) is 69.0 Å². The highest BCUT2D eigenvalue weighted by atomic mass is 16.8. The van der Waals surface area contributed by atoms with E-state index < -0.39 is 204 Å². The number of esters is 5. The average molecular weight is 953 g/mol. The summed E-state index contributed by atoms with van der Waals surface area (Å²) in [5.41, 5.74) is -8.46. The zero-order valence-electron chi connectivity index (χ0n) is 33.2. The molecule has 0 aromatic heterocycles. The van der Waals surface area contributed by atoms with E-state index in [9.17, 15) is 100 Å². The minimum absolute atomic E-state index is 0.238. The van der Waals surface area contributed by atoms with E-state index in [4.69, 9.17) is 33.2 Å². The van der Waals surface area contributed by atoms with Crippen molar-refractivity contribution in [2.24, 2.45) is 0 Å². The molecular weight excluding hydrogens is 924 g/mol. The van der Waals surface area contributed by atoms with Gasteiger partial charge >= 0.3 is 35.6 Å². The predicted octanol–water partition coefficient (Wildman–Crippen LogP) is -1.10. The third kappa shape index (κ3) is 6.21. The van der Waals surface area contributed by atoms with Crippen molar-refractivity contribution in [2.45, 2.75) is 48.2 Å². The summed E-state index contributed by atoms with van der Waals surface area (Å²) in [4.78, 5) is 84.8. The third-order valence-corrected chi connectivity index (χ3v) is 11.5. The van der Waals surface area contributed by atoms with Crippen molar-refractivity contribution in [3.05, 3.63) is 69.8 Å². The molecule has 1 aliphatic carbocycles. The minimum atomic E-state index is -3.99. The minimum Gasteiger partial charge on any atom is -0.504 e. The molecule has 1 fully saturated rings. The number of fused-ring (bicyclic) bond motifs is 4. The highest BCUT2D eigenvalue weighted by Gasteiger charge is 2.70. The molecule has 354 valence electrons. The summed E-state index contributed by atoms with van der Waals surface area (Å²) in [7, 11) is 0. The monoisotopic (exact) mass is 952 g/mol. The Bertz CT molecular complexity index is 3020. The first-order valence-electron chi connectivity index (χ1n) is 19.1. The van der Waals surface area contributed by atoms with Gasteiger partial charge in [-0.15, -0.1) is 0 Å². The Morgan fingerprint density at radius 3 is 1.68 bits per heavy atom. The number of benzene rings is 4. The van der Waals surface area contributed by atoms with Gasteiger partial charge in [-0.3, -0.25) is 4.79 Å². The van der Waals surface area contributed by atoms with Gasteiger partial charge in [0.2, 0.25) is 35.4 Å². The number of aliphatic hydroxyl groups is 3. The van der Waals surface area contributed by atoms with Crippen LogP contribution in [0.25, 0.3) is 11.1 Å². The number of phenols is 11. The van der Waals surface area contributed by atoms with Crippen molar-refractivity contribution in [1.29, 1.82) is 0 Å². The molecule has 6 bridgehead atoms. The molecule has 5 aliphatic rings. The summed E-state index contributed by atoms with van der Waals surface area (Å²) in [6.45, 7) is -1.30. The number of cyclic esters (lactones) is 1. The number of carbonyl (C=O) groups is 6. The van der Waals surface area contributed by atoms with E-state index in [1.165, 1.54) is 0 Å². The van der Waals surface area contributed by atoms with Crippen molar-refractivity contribution >= 4 is 35.6 Å². The van der Waals surface area contributed by atoms with E-state index in [0.29, 0.717) is 30.3 Å². The summed E-state index contributed by atoms with van der Waals surface area (Å²) in [6, 6.07) is 2.34. The van der Waals surface area contributed by atoms with E-state index in [1.807, 2.05) is 0 Å². The number of phenolic OH excluding ortho intramolecular Hbond substituents is 11. The standard InChI is InChI=1S/C41H28O27/c42-13-1-8(2-14(43)24(13)48)34(54)67-39-33-32-30(64-37(57)11-5-17(46)27(51)31-22(11)23-12(38(58)66-33)6-19(47)41(61,68-31)40(23,59)60)18(63-39)7-62-35(55)9-3-15(44)25(49)28(52)20(9)21-10(36(56)65-32)4-16(45)26(50)29(21)53/h1-6,18,23,30,32-33,39,42-46,48-53,59-61H,7H2. The lowest BCUT2D eigenvalue weighted by atomic mass is 9.70. The van der Waals surface area contributed by atoms with Gasteiger partial charge in [-0.1, -0.05) is 0 Å². The van der Waals surface area contributed by atoms with Gasteiger partial charge in [-0.05, 0) is 36.4 Å².